The molecule has 2 nitrogen and oxygen atoms in total. The highest BCUT2D eigenvalue weighted by molar-refractivity contribution is 7.86. The van der Waals surface area contributed by atoms with Crippen molar-refractivity contribution in [3.05, 3.63) is 0 Å². The molecule has 0 aliphatic heterocycles. The third-order valence-electron chi connectivity index (χ3n) is 5.04. The molecule has 4 atom stereocenters. The molecule has 1 aliphatic carbocycles. The first-order valence-corrected chi connectivity index (χ1v) is 9.23. The van der Waals surface area contributed by atoms with E-state index in [1.807, 2.05) is 0 Å². The average molecular weight is 288 g/mol. The minimum absolute atomic E-state index is 0.273. The summed E-state index contributed by atoms with van der Waals surface area (Å²) in [4.78, 5) is 0. The first-order valence-electron chi connectivity index (χ1n) is 7.96. The summed E-state index contributed by atoms with van der Waals surface area (Å²) in [5.74, 6) is 0.722. The highest BCUT2D eigenvalue weighted by Gasteiger charge is 2.39. The number of hydrogen-bond donors (Lipinski definition) is 1. The van der Waals surface area contributed by atoms with Crippen LogP contribution in [0.15, 0.2) is 0 Å². The molecule has 1 fully saturated rings. The molecule has 1 aliphatic rings. The average Bonchev–Trinajstić information content (AvgIpc) is 2.38. The molecule has 114 valence electrons. The lowest BCUT2D eigenvalue weighted by molar-refractivity contribution is 0.140. The Bertz CT molecular complexity index is 301. The molecule has 3 heteroatoms. The smallest absolute Gasteiger partial charge is 0.0506 e. The van der Waals surface area contributed by atoms with Gasteiger partial charge in [-0.3, -0.25) is 4.21 Å². The van der Waals surface area contributed by atoms with Crippen LogP contribution in [0.5, 0.6) is 0 Å². The van der Waals surface area contributed by atoms with Crippen LogP contribution in [-0.2, 0) is 10.8 Å². The molecule has 0 saturated heterocycles. The second-order valence-corrected chi connectivity index (χ2v) is 9.14. The zero-order valence-corrected chi connectivity index (χ0v) is 14.5. The maximum Gasteiger partial charge on any atom is 0.0506 e. The van der Waals surface area contributed by atoms with Crippen molar-refractivity contribution in [3.63, 3.8) is 0 Å². The van der Waals surface area contributed by atoms with Crippen molar-refractivity contribution in [2.75, 3.05) is 6.54 Å². The highest BCUT2D eigenvalue weighted by Crippen LogP contribution is 2.42. The molecule has 0 bridgehead atoms. The monoisotopic (exact) mass is 287 g/mol. The van der Waals surface area contributed by atoms with Crippen LogP contribution in [0, 0.1) is 11.3 Å². The van der Waals surface area contributed by atoms with E-state index in [0.717, 1.165) is 18.9 Å². The fourth-order valence-electron chi connectivity index (χ4n) is 3.23. The first-order chi connectivity index (χ1) is 8.83. The molecule has 4 unspecified atom stereocenters. The van der Waals surface area contributed by atoms with Crippen LogP contribution in [0.3, 0.4) is 0 Å². The van der Waals surface area contributed by atoms with E-state index in [0.29, 0.717) is 16.7 Å². The van der Waals surface area contributed by atoms with Gasteiger partial charge in [-0.15, -0.1) is 0 Å². The highest BCUT2D eigenvalue weighted by atomic mass is 32.2. The molecular formula is C16H33NOS. The predicted octanol–water partition coefficient (Wildman–Crippen LogP) is 3.73. The Labute approximate surface area is 122 Å². The Kier molecular flexibility index (Phi) is 6.52. The van der Waals surface area contributed by atoms with Gasteiger partial charge >= 0.3 is 0 Å². The van der Waals surface area contributed by atoms with E-state index < -0.39 is 10.8 Å². The summed E-state index contributed by atoms with van der Waals surface area (Å²) >= 11 is 0. The van der Waals surface area contributed by atoms with Crippen molar-refractivity contribution < 1.29 is 4.21 Å². The van der Waals surface area contributed by atoms with Gasteiger partial charge in [0.05, 0.1) is 5.25 Å². The van der Waals surface area contributed by atoms with Crippen LogP contribution in [0.2, 0.25) is 0 Å². The summed E-state index contributed by atoms with van der Waals surface area (Å²) in [5.41, 5.74) is 0.386. The molecule has 1 saturated carbocycles. The van der Waals surface area contributed by atoms with Crippen LogP contribution in [-0.4, -0.2) is 27.3 Å². The third-order valence-corrected chi connectivity index (χ3v) is 7.08. The fraction of sp³-hybridized carbons (Fsp3) is 1.00. The van der Waals surface area contributed by atoms with E-state index in [2.05, 4.69) is 46.9 Å². The van der Waals surface area contributed by atoms with Gasteiger partial charge in [-0.2, -0.15) is 0 Å². The van der Waals surface area contributed by atoms with Crippen molar-refractivity contribution >= 4 is 10.8 Å². The number of rotatable bonds is 6. The Balaban J connectivity index is 2.82. The van der Waals surface area contributed by atoms with Crippen LogP contribution < -0.4 is 5.32 Å². The largest absolute Gasteiger partial charge is 0.313 e. The topological polar surface area (TPSA) is 29.1 Å². The minimum Gasteiger partial charge on any atom is -0.313 e. The van der Waals surface area contributed by atoms with E-state index >= 15 is 0 Å². The normalized spacial score (nSPS) is 30.6. The van der Waals surface area contributed by atoms with Gasteiger partial charge in [0, 0.05) is 22.1 Å². The standard InChI is InChI=1S/C16H33NOS/c1-7-16(5,6)13-9-10-14(17-8-2)15(11-13)19(18)12(3)4/h12-15,17H,7-11H2,1-6H3. The lowest BCUT2D eigenvalue weighted by atomic mass is 9.68. The van der Waals surface area contributed by atoms with Crippen molar-refractivity contribution in [2.45, 2.75) is 83.8 Å². The summed E-state index contributed by atoms with van der Waals surface area (Å²) in [6, 6.07) is 0.456. The van der Waals surface area contributed by atoms with Gasteiger partial charge in [0.2, 0.25) is 0 Å². The Hall–Kier alpha value is 0.110. The number of nitrogens with one attached hydrogen (secondary N) is 1. The molecule has 1 rings (SSSR count). The van der Waals surface area contributed by atoms with Crippen molar-refractivity contribution in [2.24, 2.45) is 11.3 Å². The van der Waals surface area contributed by atoms with Crippen LogP contribution in [0.25, 0.3) is 0 Å². The molecule has 0 aromatic rings. The van der Waals surface area contributed by atoms with Gasteiger partial charge in [0.25, 0.3) is 0 Å². The second kappa shape index (κ2) is 7.21. The van der Waals surface area contributed by atoms with Crippen molar-refractivity contribution in [3.8, 4) is 0 Å². The molecule has 0 spiro atoms. The Morgan fingerprint density at radius 1 is 1.26 bits per heavy atom. The first kappa shape index (κ1) is 17.2. The van der Waals surface area contributed by atoms with Gasteiger partial charge in [-0.05, 0) is 37.1 Å². The zero-order chi connectivity index (χ0) is 14.6. The number of hydrogen-bond acceptors (Lipinski definition) is 2. The molecule has 19 heavy (non-hydrogen) atoms. The van der Waals surface area contributed by atoms with Gasteiger partial charge in [0.1, 0.15) is 0 Å². The molecular weight excluding hydrogens is 254 g/mol. The summed E-state index contributed by atoms with van der Waals surface area (Å²) in [7, 11) is -0.710. The molecule has 0 radical (unpaired) electrons. The zero-order valence-electron chi connectivity index (χ0n) is 13.7. The van der Waals surface area contributed by atoms with Gasteiger partial charge < -0.3 is 5.32 Å². The van der Waals surface area contributed by atoms with Crippen LogP contribution in [0.1, 0.15) is 67.2 Å². The van der Waals surface area contributed by atoms with E-state index in [1.54, 1.807) is 0 Å². The minimum atomic E-state index is -0.710. The van der Waals surface area contributed by atoms with Crippen molar-refractivity contribution in [1.29, 1.82) is 0 Å². The molecule has 0 heterocycles. The fourth-order valence-corrected chi connectivity index (χ4v) is 4.91. The Morgan fingerprint density at radius 2 is 1.89 bits per heavy atom. The van der Waals surface area contributed by atoms with Gasteiger partial charge in [-0.1, -0.05) is 48.0 Å². The van der Waals surface area contributed by atoms with E-state index in [9.17, 15) is 4.21 Å². The summed E-state index contributed by atoms with van der Waals surface area (Å²) in [6.07, 6.45) is 4.81. The SMILES string of the molecule is CCNC1CCC(C(C)(C)CC)CC1S(=O)C(C)C. The van der Waals surface area contributed by atoms with Crippen LogP contribution >= 0.6 is 0 Å². The lowest BCUT2D eigenvalue weighted by Crippen LogP contribution is -2.49. The second-order valence-electron chi connectivity index (χ2n) is 6.93. The Morgan fingerprint density at radius 3 is 2.37 bits per heavy atom. The summed E-state index contributed by atoms with van der Waals surface area (Å²) < 4.78 is 12.6. The maximum absolute atomic E-state index is 12.6. The molecule has 0 aromatic heterocycles. The van der Waals surface area contributed by atoms with Crippen molar-refractivity contribution in [1.82, 2.24) is 5.32 Å². The predicted molar refractivity (Wildman–Crippen MR) is 85.9 cm³/mol. The van der Waals surface area contributed by atoms with Crippen LogP contribution in [0.4, 0.5) is 0 Å². The summed E-state index contributed by atoms with van der Waals surface area (Å²) in [6.45, 7) is 14.4. The van der Waals surface area contributed by atoms with E-state index in [-0.39, 0.29) is 5.25 Å². The summed E-state index contributed by atoms with van der Waals surface area (Å²) in [5, 5.41) is 4.18. The molecule has 0 amide bonds. The van der Waals surface area contributed by atoms with Gasteiger partial charge in [0.15, 0.2) is 0 Å². The maximum atomic E-state index is 12.6. The lowest BCUT2D eigenvalue weighted by Gasteiger charge is -2.43. The third kappa shape index (κ3) is 4.29. The molecule has 0 aromatic carbocycles. The van der Waals surface area contributed by atoms with E-state index in [1.165, 1.54) is 19.3 Å². The van der Waals surface area contributed by atoms with Gasteiger partial charge in [-0.25, -0.2) is 0 Å². The van der Waals surface area contributed by atoms with E-state index in [4.69, 9.17) is 0 Å². The quantitative estimate of drug-likeness (QED) is 0.806. The molecule has 1 N–H and O–H groups in total.